The molecule has 3 aromatic rings. The molecular formula is C20H16F4N2O3. The highest BCUT2D eigenvalue weighted by Gasteiger charge is 2.14. The molecule has 0 aliphatic rings. The van der Waals surface area contributed by atoms with Crippen LogP contribution in [0.4, 0.5) is 17.6 Å². The summed E-state index contributed by atoms with van der Waals surface area (Å²) in [6.45, 7) is -6.32. The number of rotatable bonds is 8. The van der Waals surface area contributed by atoms with Gasteiger partial charge >= 0.3 is 13.2 Å². The van der Waals surface area contributed by atoms with E-state index in [1.807, 2.05) is 0 Å². The van der Waals surface area contributed by atoms with Crippen LogP contribution in [-0.2, 0) is 13.0 Å². The van der Waals surface area contributed by atoms with E-state index < -0.39 is 13.2 Å². The van der Waals surface area contributed by atoms with Gasteiger partial charge in [-0.05, 0) is 41.0 Å². The van der Waals surface area contributed by atoms with Crippen molar-refractivity contribution in [2.24, 2.45) is 0 Å². The maximum atomic E-state index is 12.8. The van der Waals surface area contributed by atoms with E-state index in [4.69, 9.17) is 5.11 Å². The molecule has 0 unspecified atom stereocenters. The van der Waals surface area contributed by atoms with Crippen molar-refractivity contribution < 1.29 is 32.1 Å². The molecule has 152 valence electrons. The molecule has 0 aliphatic carbocycles. The number of aromatic nitrogens is 2. The lowest BCUT2D eigenvalue weighted by molar-refractivity contribution is -0.0500. The van der Waals surface area contributed by atoms with Gasteiger partial charge in [0.25, 0.3) is 0 Å². The first-order valence-corrected chi connectivity index (χ1v) is 8.48. The van der Waals surface area contributed by atoms with E-state index in [9.17, 15) is 17.6 Å². The minimum absolute atomic E-state index is 0.0928. The van der Waals surface area contributed by atoms with Crippen molar-refractivity contribution in [3.8, 4) is 22.6 Å². The molecule has 5 nitrogen and oxygen atoms in total. The normalized spacial score (nSPS) is 11.1. The van der Waals surface area contributed by atoms with E-state index in [0.717, 1.165) is 11.1 Å². The Morgan fingerprint density at radius 2 is 1.59 bits per heavy atom. The van der Waals surface area contributed by atoms with Gasteiger partial charge in [-0.15, -0.1) is 0 Å². The molecule has 3 rings (SSSR count). The molecule has 0 saturated carbocycles. The van der Waals surface area contributed by atoms with E-state index in [-0.39, 0.29) is 23.9 Å². The number of aliphatic hydroxyl groups is 1. The van der Waals surface area contributed by atoms with Gasteiger partial charge in [0.2, 0.25) is 0 Å². The van der Waals surface area contributed by atoms with E-state index in [0.29, 0.717) is 17.5 Å². The summed E-state index contributed by atoms with van der Waals surface area (Å²) < 4.78 is 59.6. The summed E-state index contributed by atoms with van der Waals surface area (Å²) in [7, 11) is 0. The summed E-state index contributed by atoms with van der Waals surface area (Å²) >= 11 is 0. The van der Waals surface area contributed by atoms with Gasteiger partial charge in [-0.25, -0.2) is 9.97 Å². The van der Waals surface area contributed by atoms with Crippen LogP contribution in [0.25, 0.3) is 11.1 Å². The monoisotopic (exact) mass is 408 g/mol. The second-order valence-electron chi connectivity index (χ2n) is 5.96. The maximum absolute atomic E-state index is 12.8. The number of nitrogens with zero attached hydrogens (tertiary/aromatic N) is 2. The lowest BCUT2D eigenvalue weighted by Gasteiger charge is -2.14. The zero-order chi connectivity index (χ0) is 20.8. The van der Waals surface area contributed by atoms with Gasteiger partial charge in [0, 0.05) is 24.4 Å². The van der Waals surface area contributed by atoms with Gasteiger partial charge in [0.15, 0.2) is 5.82 Å². The average Bonchev–Trinajstić information content (AvgIpc) is 2.69. The summed E-state index contributed by atoms with van der Waals surface area (Å²) in [5.41, 5.74) is 2.16. The van der Waals surface area contributed by atoms with Gasteiger partial charge in [-0.1, -0.05) is 18.2 Å². The molecule has 9 heteroatoms. The SMILES string of the molecule is OCc1ncc(Cc2ccc(OC(F)F)c(-c3cccc(OC(F)F)c3)c2)cn1. The van der Waals surface area contributed by atoms with Crippen molar-refractivity contribution in [3.63, 3.8) is 0 Å². The fourth-order valence-electron chi connectivity index (χ4n) is 2.74. The smallest absolute Gasteiger partial charge is 0.387 e. The molecule has 0 fully saturated rings. The van der Waals surface area contributed by atoms with Crippen LogP contribution in [0.1, 0.15) is 17.0 Å². The van der Waals surface area contributed by atoms with Crippen LogP contribution in [0.3, 0.4) is 0 Å². The van der Waals surface area contributed by atoms with Crippen LogP contribution in [0.5, 0.6) is 11.5 Å². The molecule has 1 aromatic heterocycles. The fourth-order valence-corrected chi connectivity index (χ4v) is 2.74. The number of hydrogen-bond donors (Lipinski definition) is 1. The molecule has 0 atom stereocenters. The zero-order valence-electron chi connectivity index (χ0n) is 14.9. The van der Waals surface area contributed by atoms with Gasteiger partial charge in [-0.2, -0.15) is 17.6 Å². The van der Waals surface area contributed by atoms with Gasteiger partial charge in [0.1, 0.15) is 18.1 Å². The Morgan fingerprint density at radius 1 is 0.862 bits per heavy atom. The predicted octanol–water partition coefficient (Wildman–Crippen LogP) is 4.43. The Labute approximate surface area is 163 Å². The third-order valence-electron chi connectivity index (χ3n) is 3.94. The summed E-state index contributed by atoms with van der Waals surface area (Å²) in [4.78, 5) is 7.99. The number of alkyl halides is 4. The van der Waals surface area contributed by atoms with E-state index in [2.05, 4.69) is 19.4 Å². The molecule has 2 aromatic carbocycles. The average molecular weight is 408 g/mol. The summed E-state index contributed by atoms with van der Waals surface area (Å²) in [6, 6.07) is 10.3. The van der Waals surface area contributed by atoms with Crippen LogP contribution < -0.4 is 9.47 Å². The Hall–Kier alpha value is -3.20. The number of hydrogen-bond acceptors (Lipinski definition) is 5. The number of aliphatic hydroxyl groups excluding tert-OH is 1. The van der Waals surface area contributed by atoms with Gasteiger partial charge < -0.3 is 14.6 Å². The molecule has 1 heterocycles. The third-order valence-corrected chi connectivity index (χ3v) is 3.94. The molecule has 29 heavy (non-hydrogen) atoms. The molecule has 0 aliphatic heterocycles. The first-order valence-electron chi connectivity index (χ1n) is 8.48. The molecule has 0 amide bonds. The maximum Gasteiger partial charge on any atom is 0.387 e. The van der Waals surface area contributed by atoms with Crippen LogP contribution >= 0.6 is 0 Å². The van der Waals surface area contributed by atoms with E-state index >= 15 is 0 Å². The van der Waals surface area contributed by atoms with Crippen molar-refractivity contribution in [2.75, 3.05) is 0 Å². The summed E-state index contributed by atoms with van der Waals surface area (Å²) in [5.74, 6) is 0.0923. The van der Waals surface area contributed by atoms with E-state index in [1.54, 1.807) is 30.6 Å². The van der Waals surface area contributed by atoms with Crippen LogP contribution in [0.15, 0.2) is 54.9 Å². The Morgan fingerprint density at radius 3 is 2.24 bits per heavy atom. The second kappa shape index (κ2) is 9.33. The number of ether oxygens (including phenoxy) is 2. The third kappa shape index (κ3) is 5.64. The van der Waals surface area contributed by atoms with Crippen molar-refractivity contribution >= 4 is 0 Å². The topological polar surface area (TPSA) is 64.5 Å². The van der Waals surface area contributed by atoms with Crippen molar-refractivity contribution in [1.82, 2.24) is 9.97 Å². The van der Waals surface area contributed by atoms with Crippen LogP contribution in [0.2, 0.25) is 0 Å². The first kappa shape index (κ1) is 20.5. The number of halogens is 4. The second-order valence-corrected chi connectivity index (χ2v) is 5.96. The standard InChI is InChI=1S/C20H16F4N2O3/c21-19(22)28-15-3-1-2-14(8-15)16-7-12(4-5-17(16)29-20(23)24)6-13-9-25-18(11-27)26-10-13/h1-5,7-10,19-20,27H,6,11H2. The lowest BCUT2D eigenvalue weighted by Crippen LogP contribution is -2.04. The van der Waals surface area contributed by atoms with Crippen LogP contribution in [-0.4, -0.2) is 28.3 Å². The molecule has 0 bridgehead atoms. The number of benzene rings is 2. The Kier molecular flexibility index (Phi) is 6.61. The quantitative estimate of drug-likeness (QED) is 0.559. The minimum atomic E-state index is -3.04. The van der Waals surface area contributed by atoms with Crippen molar-refractivity contribution in [3.05, 3.63) is 71.8 Å². The van der Waals surface area contributed by atoms with Crippen molar-refractivity contribution in [2.45, 2.75) is 26.3 Å². The Balaban J connectivity index is 1.95. The molecule has 0 saturated heterocycles. The largest absolute Gasteiger partial charge is 0.435 e. The van der Waals surface area contributed by atoms with Gasteiger partial charge in [0.05, 0.1) is 0 Å². The zero-order valence-corrected chi connectivity index (χ0v) is 14.9. The lowest BCUT2D eigenvalue weighted by atomic mass is 9.99. The van der Waals surface area contributed by atoms with Crippen LogP contribution in [0, 0.1) is 0 Å². The van der Waals surface area contributed by atoms with E-state index in [1.165, 1.54) is 24.3 Å². The highest BCUT2D eigenvalue weighted by Crippen LogP contribution is 2.34. The Bertz CT molecular complexity index is 953. The molecule has 0 radical (unpaired) electrons. The summed E-state index contributed by atoms with van der Waals surface area (Å²) in [6.07, 6.45) is 3.50. The molecule has 0 spiro atoms. The predicted molar refractivity (Wildman–Crippen MR) is 95.9 cm³/mol. The highest BCUT2D eigenvalue weighted by molar-refractivity contribution is 5.72. The first-order chi connectivity index (χ1) is 13.9. The summed E-state index contributed by atoms with van der Waals surface area (Å²) in [5, 5.41) is 9.00. The minimum Gasteiger partial charge on any atom is -0.435 e. The molecular weight excluding hydrogens is 392 g/mol. The van der Waals surface area contributed by atoms with Crippen molar-refractivity contribution in [1.29, 1.82) is 0 Å². The highest BCUT2D eigenvalue weighted by atomic mass is 19.3. The fraction of sp³-hybridized carbons (Fsp3) is 0.200. The van der Waals surface area contributed by atoms with Gasteiger partial charge in [-0.3, -0.25) is 0 Å². The molecule has 1 N–H and O–H groups in total.